The zero-order chi connectivity index (χ0) is 22.5. The maximum Gasteiger partial charge on any atom is 0.254 e. The van der Waals surface area contributed by atoms with E-state index in [4.69, 9.17) is 0 Å². The predicted molar refractivity (Wildman–Crippen MR) is 122 cm³/mol. The van der Waals surface area contributed by atoms with Gasteiger partial charge < -0.3 is 20.0 Å². The van der Waals surface area contributed by atoms with Crippen LogP contribution >= 0.6 is 0 Å². The van der Waals surface area contributed by atoms with E-state index in [2.05, 4.69) is 5.32 Å². The number of hydrogen-bond acceptors (Lipinski definition) is 4. The number of anilines is 2. The SMILES string of the molecule is CN(C)CCN(Cc1cc(NC(=O)C2CC2)ccc1N(C)C)C(=O)c1ccc(F)cc1. The van der Waals surface area contributed by atoms with Crippen LogP contribution in [0.4, 0.5) is 15.8 Å². The highest BCUT2D eigenvalue weighted by Crippen LogP contribution is 2.31. The van der Waals surface area contributed by atoms with Crippen molar-refractivity contribution in [1.82, 2.24) is 9.80 Å². The molecular weight excluding hydrogens is 395 g/mol. The first-order chi connectivity index (χ1) is 14.7. The van der Waals surface area contributed by atoms with Crippen molar-refractivity contribution in [1.29, 1.82) is 0 Å². The normalized spacial score (nSPS) is 13.2. The molecule has 2 amide bonds. The summed E-state index contributed by atoms with van der Waals surface area (Å²) in [5.74, 6) is -0.353. The van der Waals surface area contributed by atoms with E-state index in [1.807, 2.05) is 56.2 Å². The molecule has 1 fully saturated rings. The summed E-state index contributed by atoms with van der Waals surface area (Å²) in [6, 6.07) is 11.4. The Labute approximate surface area is 183 Å². The number of rotatable bonds is 9. The summed E-state index contributed by atoms with van der Waals surface area (Å²) in [6.07, 6.45) is 1.89. The number of nitrogens with one attached hydrogen (secondary N) is 1. The molecule has 6 nitrogen and oxygen atoms in total. The Bertz CT molecular complexity index is 924. The first-order valence-corrected chi connectivity index (χ1v) is 10.6. The lowest BCUT2D eigenvalue weighted by Crippen LogP contribution is -2.36. The smallest absolute Gasteiger partial charge is 0.254 e. The molecule has 0 bridgehead atoms. The topological polar surface area (TPSA) is 55.9 Å². The largest absolute Gasteiger partial charge is 0.377 e. The Balaban J connectivity index is 1.87. The molecule has 1 saturated carbocycles. The second kappa shape index (κ2) is 9.92. The van der Waals surface area contributed by atoms with Gasteiger partial charge in [-0.2, -0.15) is 0 Å². The van der Waals surface area contributed by atoms with Crippen LogP contribution in [0.25, 0.3) is 0 Å². The van der Waals surface area contributed by atoms with E-state index in [0.717, 1.165) is 29.8 Å². The van der Waals surface area contributed by atoms with Crippen LogP contribution in [0.3, 0.4) is 0 Å². The molecule has 0 aliphatic heterocycles. The van der Waals surface area contributed by atoms with E-state index >= 15 is 0 Å². The molecule has 0 saturated heterocycles. The van der Waals surface area contributed by atoms with Gasteiger partial charge in [0.25, 0.3) is 5.91 Å². The van der Waals surface area contributed by atoms with Crippen LogP contribution in [0.5, 0.6) is 0 Å². The number of amides is 2. The van der Waals surface area contributed by atoms with Crippen molar-refractivity contribution in [3.8, 4) is 0 Å². The van der Waals surface area contributed by atoms with Crippen molar-refractivity contribution in [3.05, 3.63) is 59.4 Å². The zero-order valence-electron chi connectivity index (χ0n) is 18.7. The van der Waals surface area contributed by atoms with Crippen LogP contribution in [0.15, 0.2) is 42.5 Å². The molecule has 1 N–H and O–H groups in total. The lowest BCUT2D eigenvalue weighted by Gasteiger charge is -2.27. The number of likely N-dealkylation sites (N-methyl/N-ethyl adjacent to an activating group) is 1. The lowest BCUT2D eigenvalue weighted by molar-refractivity contribution is -0.117. The summed E-state index contributed by atoms with van der Waals surface area (Å²) in [4.78, 5) is 31.2. The molecule has 0 radical (unpaired) electrons. The monoisotopic (exact) mass is 426 g/mol. The van der Waals surface area contributed by atoms with Gasteiger partial charge >= 0.3 is 0 Å². The maximum absolute atomic E-state index is 13.3. The van der Waals surface area contributed by atoms with E-state index in [0.29, 0.717) is 25.2 Å². The van der Waals surface area contributed by atoms with Gasteiger partial charge in [-0.1, -0.05) is 0 Å². The third-order valence-corrected chi connectivity index (χ3v) is 5.33. The molecule has 3 rings (SSSR count). The van der Waals surface area contributed by atoms with Crippen molar-refractivity contribution in [2.24, 2.45) is 5.92 Å². The predicted octanol–water partition coefficient (Wildman–Crippen LogP) is 3.44. The highest BCUT2D eigenvalue weighted by atomic mass is 19.1. The zero-order valence-corrected chi connectivity index (χ0v) is 18.7. The molecule has 166 valence electrons. The van der Waals surface area contributed by atoms with Crippen molar-refractivity contribution >= 4 is 23.2 Å². The number of nitrogens with zero attached hydrogens (tertiary/aromatic N) is 3. The number of carbonyl (C=O) groups excluding carboxylic acids is 2. The summed E-state index contributed by atoms with van der Waals surface area (Å²) < 4.78 is 13.3. The Morgan fingerprint density at radius 1 is 1.00 bits per heavy atom. The molecule has 2 aromatic carbocycles. The van der Waals surface area contributed by atoms with Crippen LogP contribution in [0.1, 0.15) is 28.8 Å². The number of carbonyl (C=O) groups is 2. The van der Waals surface area contributed by atoms with Crippen molar-refractivity contribution in [2.75, 3.05) is 51.5 Å². The van der Waals surface area contributed by atoms with Gasteiger partial charge in [-0.15, -0.1) is 0 Å². The summed E-state index contributed by atoms with van der Waals surface area (Å²) in [5.41, 5.74) is 3.10. The van der Waals surface area contributed by atoms with Gasteiger partial charge in [0.1, 0.15) is 5.82 Å². The van der Waals surface area contributed by atoms with Gasteiger partial charge in [-0.05, 0) is 75.0 Å². The average molecular weight is 427 g/mol. The quantitative estimate of drug-likeness (QED) is 0.667. The molecule has 2 aromatic rings. The van der Waals surface area contributed by atoms with Gasteiger partial charge in [0.2, 0.25) is 5.91 Å². The minimum absolute atomic E-state index is 0.0513. The van der Waals surface area contributed by atoms with Crippen LogP contribution in [0, 0.1) is 11.7 Å². The first-order valence-electron chi connectivity index (χ1n) is 10.6. The Kier molecular flexibility index (Phi) is 7.28. The summed E-state index contributed by atoms with van der Waals surface area (Å²) in [5, 5.41) is 2.99. The minimum atomic E-state index is -0.370. The first kappa shape index (κ1) is 22.7. The van der Waals surface area contributed by atoms with E-state index in [1.54, 1.807) is 4.90 Å². The summed E-state index contributed by atoms with van der Waals surface area (Å²) >= 11 is 0. The Morgan fingerprint density at radius 3 is 2.26 bits per heavy atom. The molecule has 0 atom stereocenters. The molecular formula is C24H31FN4O2. The van der Waals surface area contributed by atoms with Crippen molar-refractivity contribution in [2.45, 2.75) is 19.4 Å². The molecule has 7 heteroatoms. The molecule has 0 aromatic heterocycles. The maximum atomic E-state index is 13.3. The Morgan fingerprint density at radius 2 is 1.68 bits per heavy atom. The second-order valence-corrected chi connectivity index (χ2v) is 8.54. The van der Waals surface area contributed by atoms with E-state index in [-0.39, 0.29) is 23.5 Å². The van der Waals surface area contributed by atoms with Crippen LogP contribution in [-0.4, -0.2) is 62.9 Å². The number of halogens is 1. The van der Waals surface area contributed by atoms with Crippen LogP contribution < -0.4 is 10.2 Å². The third kappa shape index (κ3) is 6.28. The molecule has 31 heavy (non-hydrogen) atoms. The van der Waals surface area contributed by atoms with Gasteiger partial charge in [-0.25, -0.2) is 4.39 Å². The van der Waals surface area contributed by atoms with Crippen LogP contribution in [-0.2, 0) is 11.3 Å². The number of hydrogen-bond donors (Lipinski definition) is 1. The van der Waals surface area contributed by atoms with Gasteiger partial charge in [0, 0.05) is 56.6 Å². The highest BCUT2D eigenvalue weighted by Gasteiger charge is 2.29. The van der Waals surface area contributed by atoms with Gasteiger partial charge in [0.15, 0.2) is 0 Å². The summed E-state index contributed by atoms with van der Waals surface area (Å²) in [6.45, 7) is 1.60. The van der Waals surface area contributed by atoms with E-state index < -0.39 is 0 Å². The second-order valence-electron chi connectivity index (χ2n) is 8.54. The molecule has 0 spiro atoms. The Hall–Kier alpha value is -2.93. The summed E-state index contributed by atoms with van der Waals surface area (Å²) in [7, 11) is 7.82. The van der Waals surface area contributed by atoms with E-state index in [1.165, 1.54) is 24.3 Å². The molecule has 0 heterocycles. The third-order valence-electron chi connectivity index (χ3n) is 5.33. The van der Waals surface area contributed by atoms with Gasteiger partial charge in [-0.3, -0.25) is 9.59 Å². The number of benzene rings is 2. The molecule has 1 aliphatic carbocycles. The lowest BCUT2D eigenvalue weighted by atomic mass is 10.1. The fraction of sp³-hybridized carbons (Fsp3) is 0.417. The van der Waals surface area contributed by atoms with Gasteiger partial charge in [0.05, 0.1) is 0 Å². The van der Waals surface area contributed by atoms with Crippen molar-refractivity contribution < 1.29 is 14.0 Å². The minimum Gasteiger partial charge on any atom is -0.377 e. The van der Waals surface area contributed by atoms with E-state index in [9.17, 15) is 14.0 Å². The standard InChI is InChI=1S/C24H31FN4O2/c1-27(2)13-14-29(24(31)18-7-9-20(25)10-8-18)16-19-15-21(11-12-22(19)28(3)4)26-23(30)17-5-6-17/h7-12,15,17H,5-6,13-14,16H2,1-4H3,(H,26,30). The van der Waals surface area contributed by atoms with Crippen molar-refractivity contribution in [3.63, 3.8) is 0 Å². The highest BCUT2D eigenvalue weighted by molar-refractivity contribution is 5.95. The average Bonchev–Trinajstić information content (AvgIpc) is 3.56. The molecule has 1 aliphatic rings. The molecule has 0 unspecified atom stereocenters. The fourth-order valence-electron chi connectivity index (χ4n) is 3.37. The van der Waals surface area contributed by atoms with Crippen LogP contribution in [0.2, 0.25) is 0 Å². The fourth-order valence-corrected chi connectivity index (χ4v) is 3.37.